The fourth-order valence-electron chi connectivity index (χ4n) is 1.87. The van der Waals surface area contributed by atoms with Crippen LogP contribution in [0.2, 0.25) is 0 Å². The Balaban J connectivity index is 1.83. The van der Waals surface area contributed by atoms with Gasteiger partial charge in [-0.1, -0.05) is 36.4 Å². The van der Waals surface area contributed by atoms with Gasteiger partial charge < -0.3 is 9.47 Å². The largest absolute Gasteiger partial charge is 0.457 e. The Kier molecular flexibility index (Phi) is 4.40. The quantitative estimate of drug-likeness (QED) is 0.520. The van der Waals surface area contributed by atoms with Gasteiger partial charge in [0.25, 0.3) is 0 Å². The molecule has 0 spiro atoms. The molecule has 0 N–H and O–H groups in total. The van der Waals surface area contributed by atoms with E-state index in [2.05, 4.69) is 22.6 Å². The highest BCUT2D eigenvalue weighted by molar-refractivity contribution is 14.1. The van der Waals surface area contributed by atoms with Crippen molar-refractivity contribution >= 4 is 22.6 Å². The minimum atomic E-state index is 0.757. The van der Waals surface area contributed by atoms with Gasteiger partial charge in [0.05, 0.1) is 3.57 Å². The lowest BCUT2D eigenvalue weighted by molar-refractivity contribution is 0.458. The van der Waals surface area contributed by atoms with E-state index < -0.39 is 0 Å². The molecule has 3 heteroatoms. The second kappa shape index (κ2) is 6.63. The van der Waals surface area contributed by atoms with Gasteiger partial charge in [-0.2, -0.15) is 0 Å². The highest BCUT2D eigenvalue weighted by Crippen LogP contribution is 2.32. The summed E-state index contributed by atoms with van der Waals surface area (Å²) in [5.41, 5.74) is 0. The molecule has 0 bridgehead atoms. The first-order chi connectivity index (χ1) is 10.3. The Bertz CT molecular complexity index is 712. The van der Waals surface area contributed by atoms with Gasteiger partial charge in [-0.05, 0) is 59.0 Å². The lowest BCUT2D eigenvalue weighted by Crippen LogP contribution is -1.89. The van der Waals surface area contributed by atoms with Crippen LogP contribution in [0.5, 0.6) is 23.0 Å². The number of hydrogen-bond acceptors (Lipinski definition) is 2. The second-order valence-corrected chi connectivity index (χ2v) is 5.58. The topological polar surface area (TPSA) is 18.5 Å². The van der Waals surface area contributed by atoms with Crippen LogP contribution in [0.3, 0.4) is 0 Å². The summed E-state index contributed by atoms with van der Waals surface area (Å²) in [4.78, 5) is 0. The molecular weight excluding hydrogens is 375 g/mol. The average Bonchev–Trinajstić information content (AvgIpc) is 2.53. The molecule has 0 aliphatic rings. The number of benzene rings is 3. The first-order valence-electron chi connectivity index (χ1n) is 6.56. The molecule has 0 atom stereocenters. The molecule has 0 saturated carbocycles. The molecule has 3 aromatic rings. The lowest BCUT2D eigenvalue weighted by Gasteiger charge is -2.11. The SMILES string of the molecule is Ic1ccc(Oc2ccccc2)cc1Oc1ccccc1. The van der Waals surface area contributed by atoms with Gasteiger partial charge in [-0.15, -0.1) is 0 Å². The number of halogens is 1. The van der Waals surface area contributed by atoms with Gasteiger partial charge in [-0.25, -0.2) is 0 Å². The standard InChI is InChI=1S/C18H13IO2/c19-17-12-11-16(20-14-7-3-1-4-8-14)13-18(17)21-15-9-5-2-6-10-15/h1-13H. The Labute approximate surface area is 137 Å². The summed E-state index contributed by atoms with van der Waals surface area (Å²) in [6.07, 6.45) is 0. The molecule has 0 fully saturated rings. The molecule has 0 heterocycles. The van der Waals surface area contributed by atoms with E-state index in [1.165, 1.54) is 0 Å². The Morgan fingerprint density at radius 3 is 1.76 bits per heavy atom. The van der Waals surface area contributed by atoms with E-state index >= 15 is 0 Å². The zero-order valence-electron chi connectivity index (χ0n) is 11.2. The number of rotatable bonds is 4. The first kappa shape index (κ1) is 13.9. The smallest absolute Gasteiger partial charge is 0.144 e. The maximum atomic E-state index is 5.90. The van der Waals surface area contributed by atoms with Crippen molar-refractivity contribution in [2.45, 2.75) is 0 Å². The van der Waals surface area contributed by atoms with E-state index in [1.807, 2.05) is 78.9 Å². The van der Waals surface area contributed by atoms with E-state index in [-0.39, 0.29) is 0 Å². The van der Waals surface area contributed by atoms with Crippen LogP contribution in [-0.2, 0) is 0 Å². The van der Waals surface area contributed by atoms with Gasteiger partial charge in [0.15, 0.2) is 0 Å². The molecule has 2 nitrogen and oxygen atoms in total. The summed E-state index contributed by atoms with van der Waals surface area (Å²) in [7, 11) is 0. The van der Waals surface area contributed by atoms with E-state index in [4.69, 9.17) is 9.47 Å². The van der Waals surface area contributed by atoms with Gasteiger partial charge in [0.1, 0.15) is 23.0 Å². The normalized spacial score (nSPS) is 10.1. The monoisotopic (exact) mass is 388 g/mol. The maximum Gasteiger partial charge on any atom is 0.144 e. The summed E-state index contributed by atoms with van der Waals surface area (Å²) >= 11 is 2.25. The molecule has 104 valence electrons. The van der Waals surface area contributed by atoms with Gasteiger partial charge in [-0.3, -0.25) is 0 Å². The highest BCUT2D eigenvalue weighted by atomic mass is 127. The fourth-order valence-corrected chi connectivity index (χ4v) is 2.31. The van der Waals surface area contributed by atoms with E-state index in [0.717, 1.165) is 26.6 Å². The summed E-state index contributed by atoms with van der Waals surface area (Å²) in [6.45, 7) is 0. The number of hydrogen-bond donors (Lipinski definition) is 0. The van der Waals surface area contributed by atoms with E-state index in [9.17, 15) is 0 Å². The first-order valence-corrected chi connectivity index (χ1v) is 7.64. The van der Waals surface area contributed by atoms with Crippen LogP contribution in [0.1, 0.15) is 0 Å². The van der Waals surface area contributed by atoms with Crippen LogP contribution >= 0.6 is 22.6 Å². The summed E-state index contributed by atoms with van der Waals surface area (Å²) in [5.74, 6) is 3.17. The van der Waals surface area contributed by atoms with Crippen molar-refractivity contribution in [1.82, 2.24) is 0 Å². The van der Waals surface area contributed by atoms with Crippen molar-refractivity contribution in [3.63, 3.8) is 0 Å². The minimum absolute atomic E-state index is 0.757. The van der Waals surface area contributed by atoms with Crippen LogP contribution < -0.4 is 9.47 Å². The van der Waals surface area contributed by atoms with Gasteiger partial charge in [0.2, 0.25) is 0 Å². The summed E-state index contributed by atoms with van der Waals surface area (Å²) < 4.78 is 12.8. The van der Waals surface area contributed by atoms with E-state index in [0.29, 0.717) is 0 Å². The van der Waals surface area contributed by atoms with Crippen LogP contribution in [0.15, 0.2) is 78.9 Å². The van der Waals surface area contributed by atoms with Crippen molar-refractivity contribution in [3.8, 4) is 23.0 Å². The predicted molar refractivity (Wildman–Crippen MR) is 92.2 cm³/mol. The number of para-hydroxylation sites is 2. The zero-order valence-corrected chi connectivity index (χ0v) is 13.4. The zero-order chi connectivity index (χ0) is 14.5. The minimum Gasteiger partial charge on any atom is -0.457 e. The van der Waals surface area contributed by atoms with Crippen LogP contribution in [-0.4, -0.2) is 0 Å². The van der Waals surface area contributed by atoms with Crippen molar-refractivity contribution in [1.29, 1.82) is 0 Å². The Hall–Kier alpha value is -2.01. The van der Waals surface area contributed by atoms with Crippen molar-refractivity contribution in [2.75, 3.05) is 0 Å². The third-order valence-electron chi connectivity index (χ3n) is 2.85. The molecule has 0 aliphatic carbocycles. The molecule has 0 saturated heterocycles. The molecular formula is C18H13IO2. The Morgan fingerprint density at radius 2 is 1.14 bits per heavy atom. The van der Waals surface area contributed by atoms with Crippen molar-refractivity contribution in [2.24, 2.45) is 0 Å². The summed E-state index contributed by atoms with van der Waals surface area (Å²) in [5, 5.41) is 0. The summed E-state index contributed by atoms with van der Waals surface area (Å²) in [6, 6.07) is 25.3. The molecule has 0 aliphatic heterocycles. The molecule has 3 rings (SSSR count). The molecule has 0 unspecified atom stereocenters. The molecule has 0 amide bonds. The predicted octanol–water partition coefficient (Wildman–Crippen LogP) is 5.88. The van der Waals surface area contributed by atoms with E-state index in [1.54, 1.807) is 0 Å². The fraction of sp³-hybridized carbons (Fsp3) is 0. The third-order valence-corrected chi connectivity index (χ3v) is 3.74. The molecule has 0 radical (unpaired) electrons. The van der Waals surface area contributed by atoms with Gasteiger partial charge >= 0.3 is 0 Å². The highest BCUT2D eigenvalue weighted by Gasteiger charge is 2.06. The van der Waals surface area contributed by atoms with Crippen molar-refractivity contribution < 1.29 is 9.47 Å². The van der Waals surface area contributed by atoms with Crippen molar-refractivity contribution in [3.05, 3.63) is 82.4 Å². The number of ether oxygens (including phenoxy) is 2. The van der Waals surface area contributed by atoms with Gasteiger partial charge in [0, 0.05) is 6.07 Å². The van der Waals surface area contributed by atoms with Crippen LogP contribution in [0.4, 0.5) is 0 Å². The molecule has 3 aromatic carbocycles. The molecule has 0 aromatic heterocycles. The average molecular weight is 388 g/mol. The maximum absolute atomic E-state index is 5.90. The van der Waals surface area contributed by atoms with Crippen LogP contribution in [0, 0.1) is 3.57 Å². The second-order valence-electron chi connectivity index (χ2n) is 4.42. The molecule has 21 heavy (non-hydrogen) atoms. The Morgan fingerprint density at radius 1 is 0.571 bits per heavy atom. The van der Waals surface area contributed by atoms with Crippen LogP contribution in [0.25, 0.3) is 0 Å². The lowest BCUT2D eigenvalue weighted by atomic mass is 10.3. The third kappa shape index (κ3) is 3.76.